The average molecular weight is 238 g/mol. The van der Waals surface area contributed by atoms with Crippen LogP contribution in [0.4, 0.5) is 0 Å². The van der Waals surface area contributed by atoms with Crippen LogP contribution in [-0.4, -0.2) is 26.2 Å². The Morgan fingerprint density at radius 2 is 2.47 bits per heavy atom. The molecule has 17 heavy (non-hydrogen) atoms. The first kappa shape index (κ1) is 13.1. The highest BCUT2D eigenvalue weighted by Crippen LogP contribution is 2.08. The molecule has 1 amide bonds. The number of nitrogens with zero attached hydrogens (tertiary/aromatic N) is 3. The van der Waals surface area contributed by atoms with E-state index in [1.807, 2.05) is 0 Å². The minimum atomic E-state index is -0.284. The van der Waals surface area contributed by atoms with Crippen molar-refractivity contribution < 1.29 is 13.9 Å². The van der Waals surface area contributed by atoms with Crippen molar-refractivity contribution in [3.8, 4) is 0 Å². The predicted octanol–water partition coefficient (Wildman–Crippen LogP) is 1.86. The number of furan rings is 1. The molecule has 1 rings (SSSR count). The van der Waals surface area contributed by atoms with Gasteiger partial charge in [-0.05, 0) is 24.1 Å². The maximum absolute atomic E-state index is 11.5. The number of azide groups is 1. The molecule has 1 aromatic heterocycles. The van der Waals surface area contributed by atoms with Crippen molar-refractivity contribution in [2.24, 2.45) is 5.11 Å². The molecule has 0 aliphatic carbocycles. The minimum Gasteiger partial charge on any atom is -0.456 e. The largest absolute Gasteiger partial charge is 0.456 e. The van der Waals surface area contributed by atoms with Crippen LogP contribution in [0.15, 0.2) is 21.7 Å². The molecule has 0 saturated carbocycles. The number of hydrogen-bond donors (Lipinski definition) is 1. The van der Waals surface area contributed by atoms with E-state index in [0.717, 1.165) is 6.42 Å². The summed E-state index contributed by atoms with van der Waals surface area (Å²) in [6.45, 7) is 1.23. The summed E-state index contributed by atoms with van der Waals surface area (Å²) in [6.07, 6.45) is 0.745. The zero-order valence-electron chi connectivity index (χ0n) is 9.55. The highest BCUT2D eigenvalue weighted by molar-refractivity contribution is 5.91. The van der Waals surface area contributed by atoms with Gasteiger partial charge in [-0.15, -0.1) is 0 Å². The van der Waals surface area contributed by atoms with Crippen molar-refractivity contribution in [3.63, 3.8) is 0 Å². The van der Waals surface area contributed by atoms with E-state index in [0.29, 0.717) is 18.9 Å². The van der Waals surface area contributed by atoms with E-state index in [1.165, 1.54) is 0 Å². The lowest BCUT2D eigenvalue weighted by molar-refractivity contribution is 0.0919. The van der Waals surface area contributed by atoms with Gasteiger partial charge in [0, 0.05) is 25.2 Å². The molecule has 1 N–H and O–H groups in total. The molecule has 7 heteroatoms. The van der Waals surface area contributed by atoms with Crippen LogP contribution in [0, 0.1) is 0 Å². The number of nitrogens with one attached hydrogen (secondary N) is 1. The van der Waals surface area contributed by atoms with Crippen molar-refractivity contribution in [2.45, 2.75) is 13.0 Å². The summed E-state index contributed by atoms with van der Waals surface area (Å²) >= 11 is 0. The molecule has 0 aliphatic heterocycles. The molecule has 0 fully saturated rings. The summed E-state index contributed by atoms with van der Waals surface area (Å²) < 4.78 is 10.1. The zero-order valence-corrected chi connectivity index (χ0v) is 9.55. The zero-order chi connectivity index (χ0) is 12.5. The number of amides is 1. The van der Waals surface area contributed by atoms with E-state index < -0.39 is 0 Å². The SMILES string of the molecule is COCCCNC(=O)c1ccc(CN=[N+]=[N-])o1. The Balaban J connectivity index is 2.40. The maximum atomic E-state index is 11.5. The molecule has 0 radical (unpaired) electrons. The first-order chi connectivity index (χ1) is 8.27. The molecule has 1 heterocycles. The summed E-state index contributed by atoms with van der Waals surface area (Å²) in [5.41, 5.74) is 8.14. The standard InChI is InChI=1S/C10H14N4O3/c1-16-6-2-5-12-10(15)9-4-3-8(17-9)7-13-14-11/h3-4H,2,5-7H2,1H3,(H,12,15). The number of hydrogen-bond acceptors (Lipinski definition) is 4. The Hall–Kier alpha value is -1.98. The van der Waals surface area contributed by atoms with Crippen molar-refractivity contribution in [1.29, 1.82) is 0 Å². The Bertz CT molecular complexity index is 409. The van der Waals surface area contributed by atoms with E-state index in [-0.39, 0.29) is 18.2 Å². The third kappa shape index (κ3) is 4.58. The van der Waals surface area contributed by atoms with E-state index in [2.05, 4.69) is 15.3 Å². The van der Waals surface area contributed by atoms with Gasteiger partial charge < -0.3 is 14.5 Å². The normalized spacial score (nSPS) is 9.71. The van der Waals surface area contributed by atoms with Gasteiger partial charge in [0.05, 0.1) is 6.54 Å². The van der Waals surface area contributed by atoms with Crippen LogP contribution in [-0.2, 0) is 11.3 Å². The third-order valence-corrected chi connectivity index (χ3v) is 1.99. The molecular weight excluding hydrogens is 224 g/mol. The Morgan fingerprint density at radius 1 is 1.65 bits per heavy atom. The first-order valence-electron chi connectivity index (χ1n) is 5.14. The number of rotatable bonds is 7. The molecule has 0 aliphatic rings. The molecule has 0 saturated heterocycles. The highest BCUT2D eigenvalue weighted by Gasteiger charge is 2.09. The number of carbonyl (C=O) groups is 1. The van der Waals surface area contributed by atoms with Gasteiger partial charge in [0.25, 0.3) is 5.91 Å². The van der Waals surface area contributed by atoms with Crippen molar-refractivity contribution in [2.75, 3.05) is 20.3 Å². The molecule has 7 nitrogen and oxygen atoms in total. The fourth-order valence-corrected chi connectivity index (χ4v) is 1.19. The maximum Gasteiger partial charge on any atom is 0.286 e. The van der Waals surface area contributed by atoms with Gasteiger partial charge in [-0.1, -0.05) is 5.11 Å². The van der Waals surface area contributed by atoms with Crippen LogP contribution in [0.2, 0.25) is 0 Å². The van der Waals surface area contributed by atoms with Crippen molar-refractivity contribution in [1.82, 2.24) is 5.32 Å². The van der Waals surface area contributed by atoms with Gasteiger partial charge in [-0.25, -0.2) is 0 Å². The van der Waals surface area contributed by atoms with Crippen LogP contribution in [0.5, 0.6) is 0 Å². The lowest BCUT2D eigenvalue weighted by Crippen LogP contribution is -2.24. The van der Waals surface area contributed by atoms with Gasteiger partial charge in [-0.3, -0.25) is 4.79 Å². The summed E-state index contributed by atoms with van der Waals surface area (Å²) in [5, 5.41) is 6.03. The quantitative estimate of drug-likeness (QED) is 0.339. The Kier molecular flexibility index (Phi) is 5.63. The summed E-state index contributed by atoms with van der Waals surface area (Å²) in [7, 11) is 1.61. The lowest BCUT2D eigenvalue weighted by Gasteiger charge is -2.01. The first-order valence-corrected chi connectivity index (χ1v) is 5.14. The molecular formula is C10H14N4O3. The molecule has 0 bridgehead atoms. The van der Waals surface area contributed by atoms with E-state index in [1.54, 1.807) is 19.2 Å². The van der Waals surface area contributed by atoms with E-state index in [9.17, 15) is 4.79 Å². The number of carbonyl (C=O) groups excluding carboxylic acids is 1. The van der Waals surface area contributed by atoms with Crippen LogP contribution in [0.25, 0.3) is 10.4 Å². The Labute approximate surface area is 98.4 Å². The van der Waals surface area contributed by atoms with Crippen LogP contribution in [0.1, 0.15) is 22.7 Å². The van der Waals surface area contributed by atoms with Crippen molar-refractivity contribution >= 4 is 5.91 Å². The monoisotopic (exact) mass is 238 g/mol. The van der Waals surface area contributed by atoms with Gasteiger partial charge in [0.1, 0.15) is 5.76 Å². The smallest absolute Gasteiger partial charge is 0.286 e. The molecule has 0 spiro atoms. The minimum absolute atomic E-state index is 0.105. The van der Waals surface area contributed by atoms with Gasteiger partial charge in [-0.2, -0.15) is 0 Å². The molecule has 0 atom stereocenters. The van der Waals surface area contributed by atoms with Crippen LogP contribution >= 0.6 is 0 Å². The molecule has 1 aromatic rings. The fourth-order valence-electron chi connectivity index (χ4n) is 1.19. The van der Waals surface area contributed by atoms with Crippen LogP contribution in [0.3, 0.4) is 0 Å². The average Bonchev–Trinajstić information content (AvgIpc) is 2.80. The second-order valence-corrected chi connectivity index (χ2v) is 3.26. The topological polar surface area (TPSA) is 100 Å². The van der Waals surface area contributed by atoms with Gasteiger partial charge >= 0.3 is 0 Å². The van der Waals surface area contributed by atoms with E-state index in [4.69, 9.17) is 14.7 Å². The second kappa shape index (κ2) is 7.32. The van der Waals surface area contributed by atoms with Gasteiger partial charge in [0.15, 0.2) is 5.76 Å². The van der Waals surface area contributed by atoms with E-state index >= 15 is 0 Å². The summed E-state index contributed by atoms with van der Waals surface area (Å²) in [5.74, 6) is 0.392. The number of ether oxygens (including phenoxy) is 1. The third-order valence-electron chi connectivity index (χ3n) is 1.99. The van der Waals surface area contributed by atoms with Gasteiger partial charge in [0.2, 0.25) is 0 Å². The highest BCUT2D eigenvalue weighted by atomic mass is 16.5. The summed E-state index contributed by atoms with van der Waals surface area (Å²) in [6, 6.07) is 3.16. The predicted molar refractivity (Wildman–Crippen MR) is 60.4 cm³/mol. The lowest BCUT2D eigenvalue weighted by atomic mass is 10.4. The molecule has 92 valence electrons. The van der Waals surface area contributed by atoms with Crippen LogP contribution < -0.4 is 5.32 Å². The fraction of sp³-hybridized carbons (Fsp3) is 0.500. The molecule has 0 aromatic carbocycles. The Morgan fingerprint density at radius 3 is 3.18 bits per heavy atom. The number of methoxy groups -OCH3 is 1. The second-order valence-electron chi connectivity index (χ2n) is 3.26. The molecule has 0 unspecified atom stereocenters. The summed E-state index contributed by atoms with van der Waals surface area (Å²) in [4.78, 5) is 14.2. The van der Waals surface area contributed by atoms with Crippen molar-refractivity contribution in [3.05, 3.63) is 34.1 Å².